The molecule has 0 saturated carbocycles. The van der Waals surface area contributed by atoms with E-state index in [2.05, 4.69) is 20.4 Å². The minimum absolute atomic E-state index is 0.0176. The van der Waals surface area contributed by atoms with Gasteiger partial charge in [-0.1, -0.05) is 18.2 Å². The number of aromatic nitrogens is 1. The first-order valence-corrected chi connectivity index (χ1v) is 7.21. The molecule has 0 radical (unpaired) electrons. The van der Waals surface area contributed by atoms with E-state index in [0.29, 0.717) is 5.56 Å². The van der Waals surface area contributed by atoms with Crippen molar-refractivity contribution in [2.45, 2.75) is 12.6 Å². The molecule has 2 heterocycles. The molecular weight excluding hydrogens is 317 g/mol. The fraction of sp³-hybridized carbons (Fsp3) is 0.188. The number of nitrogens with one attached hydrogen (secondary N) is 2. The number of halogens is 1. The van der Waals surface area contributed by atoms with Crippen LogP contribution in [0.15, 0.2) is 42.6 Å². The van der Waals surface area contributed by atoms with Gasteiger partial charge < -0.3 is 20.1 Å². The molecule has 1 atom stereocenters. The summed E-state index contributed by atoms with van der Waals surface area (Å²) < 4.78 is 23.8. The Bertz CT molecular complexity index is 768. The van der Waals surface area contributed by atoms with Crippen molar-refractivity contribution >= 4 is 12.0 Å². The van der Waals surface area contributed by atoms with Crippen molar-refractivity contribution in [2.24, 2.45) is 0 Å². The Morgan fingerprint density at radius 1 is 1.38 bits per heavy atom. The lowest BCUT2D eigenvalue weighted by Gasteiger charge is -2.12. The average Bonchev–Trinajstić information content (AvgIpc) is 3.02. The third kappa shape index (κ3) is 3.60. The Hall–Kier alpha value is -3.16. The zero-order valence-electron chi connectivity index (χ0n) is 12.5. The van der Waals surface area contributed by atoms with Crippen LogP contribution < -0.4 is 15.4 Å². The van der Waals surface area contributed by atoms with Gasteiger partial charge in [0.2, 0.25) is 11.8 Å². The van der Waals surface area contributed by atoms with E-state index in [9.17, 15) is 14.0 Å². The highest BCUT2D eigenvalue weighted by Gasteiger charge is 2.28. The molecule has 8 heteroatoms. The minimum atomic E-state index is -0.731. The smallest absolute Gasteiger partial charge is 0.407 e. The molecule has 24 heavy (non-hydrogen) atoms. The summed E-state index contributed by atoms with van der Waals surface area (Å²) in [7, 11) is 0. The number of hydrogen-bond donors (Lipinski definition) is 2. The zero-order chi connectivity index (χ0) is 16.9. The summed E-state index contributed by atoms with van der Waals surface area (Å²) in [6.45, 7) is 0.0963. The second kappa shape index (κ2) is 6.95. The number of hydrogen-bond acceptors (Lipinski definition) is 5. The Morgan fingerprint density at radius 2 is 2.21 bits per heavy atom. The van der Waals surface area contributed by atoms with E-state index in [-0.39, 0.29) is 30.7 Å². The van der Waals surface area contributed by atoms with Crippen molar-refractivity contribution in [3.8, 4) is 11.6 Å². The number of nitrogens with zero attached hydrogens (tertiary/aromatic N) is 1. The second-order valence-electron chi connectivity index (χ2n) is 5.01. The molecule has 7 nitrogen and oxygen atoms in total. The summed E-state index contributed by atoms with van der Waals surface area (Å²) in [6, 6.07) is 8.61. The number of benzene rings is 1. The van der Waals surface area contributed by atoms with Crippen LogP contribution in [-0.4, -0.2) is 29.6 Å². The van der Waals surface area contributed by atoms with Crippen LogP contribution in [0, 0.1) is 5.82 Å². The molecule has 0 spiro atoms. The van der Waals surface area contributed by atoms with Gasteiger partial charge in [0.1, 0.15) is 12.6 Å². The summed E-state index contributed by atoms with van der Waals surface area (Å²) in [5.74, 6) is -0.666. The Balaban J connectivity index is 1.67. The van der Waals surface area contributed by atoms with Crippen molar-refractivity contribution in [3.63, 3.8) is 0 Å². The SMILES string of the molecule is O=C1N[C@@H](C(=O)NCc2cccnc2Oc2ccccc2F)CO1. The number of alkyl carbamates (subject to hydrolysis) is 1. The van der Waals surface area contributed by atoms with E-state index >= 15 is 0 Å². The number of carbonyl (C=O) groups excluding carboxylic acids is 2. The van der Waals surface area contributed by atoms with Crippen LogP contribution in [0.25, 0.3) is 0 Å². The monoisotopic (exact) mass is 331 g/mol. The quantitative estimate of drug-likeness (QED) is 0.871. The lowest BCUT2D eigenvalue weighted by atomic mass is 10.2. The molecule has 2 aromatic rings. The number of pyridine rings is 1. The van der Waals surface area contributed by atoms with Crippen molar-refractivity contribution in [1.82, 2.24) is 15.6 Å². The molecule has 1 saturated heterocycles. The molecule has 1 aromatic heterocycles. The second-order valence-corrected chi connectivity index (χ2v) is 5.01. The van der Waals surface area contributed by atoms with E-state index in [1.807, 2.05) is 0 Å². The highest BCUT2D eigenvalue weighted by Crippen LogP contribution is 2.25. The third-order valence-corrected chi connectivity index (χ3v) is 3.34. The minimum Gasteiger partial charge on any atom is -0.447 e. The lowest BCUT2D eigenvalue weighted by molar-refractivity contribution is -0.123. The van der Waals surface area contributed by atoms with Crippen molar-refractivity contribution in [2.75, 3.05) is 6.61 Å². The predicted octanol–water partition coefficient (Wildman–Crippen LogP) is 1.74. The summed E-state index contributed by atoms with van der Waals surface area (Å²) in [4.78, 5) is 27.0. The van der Waals surface area contributed by atoms with Gasteiger partial charge in [0, 0.05) is 18.3 Å². The molecule has 1 aromatic carbocycles. The predicted molar refractivity (Wildman–Crippen MR) is 80.8 cm³/mol. The fourth-order valence-corrected chi connectivity index (χ4v) is 2.11. The number of rotatable bonds is 5. The van der Waals surface area contributed by atoms with Crippen molar-refractivity contribution < 1.29 is 23.5 Å². The maximum atomic E-state index is 13.7. The maximum absolute atomic E-state index is 13.7. The molecule has 124 valence electrons. The number of para-hydroxylation sites is 1. The number of amides is 2. The highest BCUT2D eigenvalue weighted by molar-refractivity contribution is 5.87. The summed E-state index contributed by atoms with van der Waals surface area (Å²) >= 11 is 0. The van der Waals surface area contributed by atoms with Gasteiger partial charge in [-0.25, -0.2) is 14.2 Å². The van der Waals surface area contributed by atoms with E-state index in [1.54, 1.807) is 24.3 Å². The van der Waals surface area contributed by atoms with E-state index in [1.165, 1.54) is 18.3 Å². The van der Waals surface area contributed by atoms with Gasteiger partial charge in [0.25, 0.3) is 0 Å². The van der Waals surface area contributed by atoms with Crippen molar-refractivity contribution in [3.05, 3.63) is 54.0 Å². The van der Waals surface area contributed by atoms with Gasteiger partial charge in [-0.3, -0.25) is 4.79 Å². The molecule has 0 unspecified atom stereocenters. The van der Waals surface area contributed by atoms with Gasteiger partial charge in [-0.2, -0.15) is 0 Å². The Kier molecular flexibility index (Phi) is 4.55. The van der Waals surface area contributed by atoms with E-state index < -0.39 is 18.0 Å². The zero-order valence-corrected chi connectivity index (χ0v) is 12.5. The Morgan fingerprint density at radius 3 is 2.96 bits per heavy atom. The lowest BCUT2D eigenvalue weighted by Crippen LogP contribution is -2.42. The number of ether oxygens (including phenoxy) is 2. The first-order valence-electron chi connectivity index (χ1n) is 7.21. The first kappa shape index (κ1) is 15.7. The van der Waals surface area contributed by atoms with Crippen LogP contribution in [0.1, 0.15) is 5.56 Å². The molecule has 2 N–H and O–H groups in total. The van der Waals surface area contributed by atoms with Crippen LogP contribution in [0.4, 0.5) is 9.18 Å². The van der Waals surface area contributed by atoms with E-state index in [4.69, 9.17) is 4.74 Å². The van der Waals surface area contributed by atoms with Crippen LogP contribution >= 0.6 is 0 Å². The largest absolute Gasteiger partial charge is 0.447 e. The highest BCUT2D eigenvalue weighted by atomic mass is 19.1. The molecule has 0 aliphatic carbocycles. The molecule has 3 rings (SSSR count). The topological polar surface area (TPSA) is 89.6 Å². The average molecular weight is 331 g/mol. The van der Waals surface area contributed by atoms with Crippen LogP contribution in [0.2, 0.25) is 0 Å². The third-order valence-electron chi connectivity index (χ3n) is 3.34. The van der Waals surface area contributed by atoms with E-state index in [0.717, 1.165) is 0 Å². The first-order chi connectivity index (χ1) is 11.6. The Labute approximate surface area is 136 Å². The van der Waals surface area contributed by atoms with Gasteiger partial charge >= 0.3 is 6.09 Å². The van der Waals surface area contributed by atoms with Crippen LogP contribution in [0.5, 0.6) is 11.6 Å². The maximum Gasteiger partial charge on any atom is 0.407 e. The molecular formula is C16H14FN3O4. The number of carbonyl (C=O) groups is 2. The standard InChI is InChI=1S/C16H14FN3O4/c17-11-5-1-2-6-13(11)24-15-10(4-3-7-18-15)8-19-14(21)12-9-23-16(22)20-12/h1-7,12H,8-9H2,(H,19,21)(H,20,22)/t12-/m1/s1. The summed E-state index contributed by atoms with van der Waals surface area (Å²) in [6.07, 6.45) is 0.882. The van der Waals surface area contributed by atoms with Gasteiger partial charge in [0.15, 0.2) is 11.6 Å². The number of cyclic esters (lactones) is 1. The summed E-state index contributed by atoms with van der Waals surface area (Å²) in [5, 5.41) is 5.04. The molecule has 1 fully saturated rings. The van der Waals surface area contributed by atoms with Gasteiger partial charge in [-0.15, -0.1) is 0 Å². The fourth-order valence-electron chi connectivity index (χ4n) is 2.11. The normalized spacial score (nSPS) is 16.2. The van der Waals surface area contributed by atoms with Crippen LogP contribution in [0.3, 0.4) is 0 Å². The van der Waals surface area contributed by atoms with Gasteiger partial charge in [0.05, 0.1) is 0 Å². The molecule has 0 bridgehead atoms. The molecule has 1 aliphatic rings. The summed E-state index contributed by atoms with van der Waals surface area (Å²) in [5.41, 5.74) is 0.569. The molecule has 2 amide bonds. The van der Waals surface area contributed by atoms with Crippen LogP contribution in [-0.2, 0) is 16.1 Å². The van der Waals surface area contributed by atoms with Crippen molar-refractivity contribution in [1.29, 1.82) is 0 Å². The van der Waals surface area contributed by atoms with Gasteiger partial charge in [-0.05, 0) is 18.2 Å². The molecule has 1 aliphatic heterocycles.